The normalized spacial score (nSPS) is 11.0. The van der Waals surface area contributed by atoms with Crippen LogP contribution in [0.5, 0.6) is 0 Å². The van der Waals surface area contributed by atoms with Gasteiger partial charge in [-0.15, -0.1) is 0 Å². The molecule has 130 valence electrons. The van der Waals surface area contributed by atoms with Crippen molar-refractivity contribution in [2.24, 2.45) is 0 Å². The van der Waals surface area contributed by atoms with Gasteiger partial charge in [-0.3, -0.25) is 0 Å². The Kier molecular flexibility index (Phi) is 4.53. The number of imidazole rings is 1. The highest BCUT2D eigenvalue weighted by Crippen LogP contribution is 2.27. The molecule has 1 aromatic heterocycles. The predicted molar refractivity (Wildman–Crippen MR) is 102 cm³/mol. The summed E-state index contributed by atoms with van der Waals surface area (Å²) in [6.45, 7) is -0.0384. The summed E-state index contributed by atoms with van der Waals surface area (Å²) >= 11 is 12.2. The van der Waals surface area contributed by atoms with Gasteiger partial charge < -0.3 is 4.84 Å². The Labute approximate surface area is 159 Å². The lowest BCUT2D eigenvalue weighted by Gasteiger charge is -2.12. The fourth-order valence-corrected chi connectivity index (χ4v) is 3.11. The molecule has 3 aromatic carbocycles. The average molecular weight is 387 g/mol. The molecule has 4 aromatic rings. The lowest BCUT2D eigenvalue weighted by molar-refractivity contribution is 0.108. The molecule has 0 fully saturated rings. The van der Waals surface area contributed by atoms with Crippen LogP contribution < -0.4 is 4.84 Å². The van der Waals surface area contributed by atoms with Crippen molar-refractivity contribution in [3.63, 3.8) is 0 Å². The zero-order chi connectivity index (χ0) is 18.1. The lowest BCUT2D eigenvalue weighted by atomic mass is 10.2. The zero-order valence-corrected chi connectivity index (χ0v) is 15.0. The highest BCUT2D eigenvalue weighted by Gasteiger charge is 2.16. The van der Waals surface area contributed by atoms with Crippen LogP contribution in [0.3, 0.4) is 0 Å². The number of fused-ring (bicyclic) bond motifs is 1. The van der Waals surface area contributed by atoms with E-state index in [-0.39, 0.29) is 12.2 Å². The van der Waals surface area contributed by atoms with Gasteiger partial charge in [-0.25, -0.2) is 9.37 Å². The van der Waals surface area contributed by atoms with Crippen LogP contribution in [0.2, 0.25) is 10.0 Å². The Morgan fingerprint density at radius 2 is 1.77 bits per heavy atom. The molecule has 0 saturated heterocycles. The summed E-state index contributed by atoms with van der Waals surface area (Å²) in [5.74, 6) is 0.191. The summed E-state index contributed by atoms with van der Waals surface area (Å²) in [6.07, 6.45) is 0. The van der Waals surface area contributed by atoms with E-state index in [9.17, 15) is 4.39 Å². The molecule has 0 amide bonds. The molecule has 0 aliphatic carbocycles. The van der Waals surface area contributed by atoms with Gasteiger partial charge in [0.1, 0.15) is 17.9 Å². The first-order valence-corrected chi connectivity index (χ1v) is 8.68. The van der Waals surface area contributed by atoms with E-state index in [1.54, 1.807) is 29.0 Å². The van der Waals surface area contributed by atoms with Gasteiger partial charge in [0.15, 0.2) is 5.82 Å². The second-order valence-corrected chi connectivity index (χ2v) is 6.55. The number of benzene rings is 3. The zero-order valence-electron chi connectivity index (χ0n) is 13.5. The smallest absolute Gasteiger partial charge is 0.176 e. The lowest BCUT2D eigenvalue weighted by Crippen LogP contribution is -2.13. The SMILES string of the molecule is Fc1cccc(Cl)c1COn1c(-c2ccccc2)nc2ccc(Cl)cc21. The Morgan fingerprint density at radius 1 is 0.962 bits per heavy atom. The van der Waals surface area contributed by atoms with Crippen LogP contribution in [0, 0.1) is 5.82 Å². The predicted octanol–water partition coefficient (Wildman–Crippen LogP) is 5.78. The van der Waals surface area contributed by atoms with Crippen molar-refractivity contribution in [3.05, 3.63) is 88.2 Å². The summed E-state index contributed by atoms with van der Waals surface area (Å²) in [5.41, 5.74) is 2.59. The van der Waals surface area contributed by atoms with Gasteiger partial charge in [-0.05, 0) is 30.3 Å². The van der Waals surface area contributed by atoms with Crippen molar-refractivity contribution in [2.75, 3.05) is 0 Å². The van der Waals surface area contributed by atoms with Gasteiger partial charge in [0, 0.05) is 16.1 Å². The number of hydrogen-bond donors (Lipinski definition) is 0. The van der Waals surface area contributed by atoms with E-state index in [1.807, 2.05) is 36.4 Å². The van der Waals surface area contributed by atoms with E-state index in [0.29, 0.717) is 21.4 Å². The maximum absolute atomic E-state index is 14.1. The minimum atomic E-state index is -0.416. The molecule has 0 spiro atoms. The Hall–Kier alpha value is -2.56. The molecule has 0 aliphatic heterocycles. The van der Waals surface area contributed by atoms with Crippen LogP contribution in [0.4, 0.5) is 4.39 Å². The van der Waals surface area contributed by atoms with Gasteiger partial charge >= 0.3 is 0 Å². The number of rotatable bonds is 4. The van der Waals surface area contributed by atoms with E-state index in [0.717, 1.165) is 11.1 Å². The fraction of sp³-hybridized carbons (Fsp3) is 0.0500. The fourth-order valence-electron chi connectivity index (χ4n) is 2.73. The third-order valence-corrected chi connectivity index (χ3v) is 4.60. The van der Waals surface area contributed by atoms with Gasteiger partial charge in [0.2, 0.25) is 0 Å². The standard InChI is InChI=1S/C20H13Cl2FN2O/c21-14-9-10-18-19(11-14)25(20(24-18)13-5-2-1-3-6-13)26-12-15-16(22)7-4-8-17(15)23/h1-11H,12H2. The summed E-state index contributed by atoms with van der Waals surface area (Å²) in [4.78, 5) is 10.6. The van der Waals surface area contributed by atoms with Crippen LogP contribution in [0.1, 0.15) is 5.56 Å². The number of nitrogens with zero attached hydrogens (tertiary/aromatic N) is 2. The van der Waals surface area contributed by atoms with Crippen LogP contribution in [-0.4, -0.2) is 9.71 Å². The number of halogens is 3. The van der Waals surface area contributed by atoms with E-state index in [2.05, 4.69) is 4.98 Å². The molecule has 0 radical (unpaired) electrons. The van der Waals surface area contributed by atoms with Gasteiger partial charge in [-0.1, -0.05) is 59.6 Å². The van der Waals surface area contributed by atoms with Crippen LogP contribution in [0.25, 0.3) is 22.4 Å². The molecule has 0 bridgehead atoms. The topological polar surface area (TPSA) is 27.1 Å². The van der Waals surface area contributed by atoms with Crippen molar-refractivity contribution in [3.8, 4) is 11.4 Å². The van der Waals surface area contributed by atoms with Gasteiger partial charge in [0.25, 0.3) is 0 Å². The second-order valence-electron chi connectivity index (χ2n) is 5.70. The van der Waals surface area contributed by atoms with Gasteiger partial charge in [-0.2, -0.15) is 4.73 Å². The van der Waals surface area contributed by atoms with Crippen LogP contribution >= 0.6 is 23.2 Å². The van der Waals surface area contributed by atoms with E-state index in [1.165, 1.54) is 6.07 Å². The molecule has 1 heterocycles. The van der Waals surface area contributed by atoms with Crippen molar-refractivity contribution in [1.82, 2.24) is 9.71 Å². The van der Waals surface area contributed by atoms with E-state index in [4.69, 9.17) is 28.0 Å². The molecule has 6 heteroatoms. The van der Waals surface area contributed by atoms with Crippen molar-refractivity contribution < 1.29 is 9.23 Å². The third kappa shape index (κ3) is 3.14. The molecule has 0 unspecified atom stereocenters. The van der Waals surface area contributed by atoms with E-state index >= 15 is 0 Å². The van der Waals surface area contributed by atoms with Gasteiger partial charge in [0.05, 0.1) is 10.5 Å². The first-order chi connectivity index (χ1) is 12.6. The molecule has 0 saturated carbocycles. The molecule has 3 nitrogen and oxygen atoms in total. The summed E-state index contributed by atoms with van der Waals surface area (Å²) in [7, 11) is 0. The van der Waals surface area contributed by atoms with Crippen molar-refractivity contribution in [2.45, 2.75) is 6.61 Å². The molecule has 0 atom stereocenters. The maximum Gasteiger partial charge on any atom is 0.176 e. The monoisotopic (exact) mass is 386 g/mol. The maximum atomic E-state index is 14.1. The van der Waals surface area contributed by atoms with Crippen LogP contribution in [-0.2, 0) is 6.61 Å². The first-order valence-electron chi connectivity index (χ1n) is 7.93. The summed E-state index contributed by atoms with van der Waals surface area (Å²) in [5, 5.41) is 0.875. The summed E-state index contributed by atoms with van der Waals surface area (Å²) in [6, 6.07) is 19.5. The van der Waals surface area contributed by atoms with Crippen LogP contribution in [0.15, 0.2) is 66.7 Å². The van der Waals surface area contributed by atoms with Crippen molar-refractivity contribution in [1.29, 1.82) is 0 Å². The summed E-state index contributed by atoms with van der Waals surface area (Å²) < 4.78 is 15.6. The number of aromatic nitrogens is 2. The largest absolute Gasteiger partial charge is 0.407 e. The molecular weight excluding hydrogens is 374 g/mol. The minimum Gasteiger partial charge on any atom is -0.407 e. The Balaban J connectivity index is 1.81. The third-order valence-electron chi connectivity index (χ3n) is 4.01. The number of hydrogen-bond acceptors (Lipinski definition) is 2. The minimum absolute atomic E-state index is 0.0384. The molecule has 26 heavy (non-hydrogen) atoms. The Morgan fingerprint density at radius 3 is 2.54 bits per heavy atom. The quantitative estimate of drug-likeness (QED) is 0.444. The highest BCUT2D eigenvalue weighted by atomic mass is 35.5. The second kappa shape index (κ2) is 6.98. The van der Waals surface area contributed by atoms with E-state index < -0.39 is 5.82 Å². The molecular formula is C20H13Cl2FN2O. The molecule has 4 rings (SSSR count). The first kappa shape index (κ1) is 16.9. The molecule has 0 N–H and O–H groups in total. The van der Waals surface area contributed by atoms with Crippen molar-refractivity contribution >= 4 is 34.2 Å². The molecule has 0 aliphatic rings. The Bertz CT molecular complexity index is 1060. The highest BCUT2D eigenvalue weighted by molar-refractivity contribution is 6.31. The average Bonchev–Trinajstić information content (AvgIpc) is 3.00.